The smallest absolute Gasteiger partial charge is 0.252 e. The van der Waals surface area contributed by atoms with E-state index in [1.54, 1.807) is 84.9 Å². The van der Waals surface area contributed by atoms with E-state index in [0.29, 0.717) is 33.4 Å². The highest BCUT2D eigenvalue weighted by atomic mass is 79.9. The van der Waals surface area contributed by atoms with Crippen molar-refractivity contribution in [3.63, 3.8) is 0 Å². The minimum Gasteiger partial charge on any atom is -0.387 e. The molecule has 0 aromatic heterocycles. The van der Waals surface area contributed by atoms with E-state index in [4.69, 9.17) is 9.47 Å². The second-order valence-corrected chi connectivity index (χ2v) is 14.1. The molecule has 2 aliphatic rings. The summed E-state index contributed by atoms with van der Waals surface area (Å²) in [6, 6.07) is 26.8. The van der Waals surface area contributed by atoms with E-state index in [0.717, 1.165) is 8.95 Å². The molecular formula is C38H34Br2N2O8. The third-order valence-corrected chi connectivity index (χ3v) is 9.80. The first kappa shape index (κ1) is 35.8. The van der Waals surface area contributed by atoms with Gasteiger partial charge in [-0.25, -0.2) is 0 Å². The van der Waals surface area contributed by atoms with Crippen molar-refractivity contribution in [3.05, 3.63) is 139 Å². The van der Waals surface area contributed by atoms with Gasteiger partial charge in [0.05, 0.1) is 25.3 Å². The number of benzene rings is 4. The number of halogens is 2. The van der Waals surface area contributed by atoms with Crippen molar-refractivity contribution >= 4 is 55.2 Å². The summed E-state index contributed by atoms with van der Waals surface area (Å²) in [6.07, 6.45) is -7.28. The lowest BCUT2D eigenvalue weighted by Gasteiger charge is -2.32. The van der Waals surface area contributed by atoms with Crippen LogP contribution in [0.3, 0.4) is 0 Å². The highest BCUT2D eigenvalue weighted by Gasteiger charge is 2.43. The number of aliphatic hydroxyl groups is 2. The predicted octanol–water partition coefficient (Wildman–Crippen LogP) is 5.29. The number of ketones is 2. The molecule has 12 heteroatoms. The number of carbonyl (C=O) groups is 4. The van der Waals surface area contributed by atoms with Crippen LogP contribution in [0, 0.1) is 0 Å². The molecule has 4 N–H and O–H groups in total. The van der Waals surface area contributed by atoms with E-state index in [-0.39, 0.29) is 37.6 Å². The third kappa shape index (κ3) is 8.12. The first-order valence-electron chi connectivity index (χ1n) is 16.0. The Morgan fingerprint density at radius 3 is 1.44 bits per heavy atom. The van der Waals surface area contributed by atoms with E-state index >= 15 is 0 Å². The summed E-state index contributed by atoms with van der Waals surface area (Å²) in [5.74, 6) is -1.85. The lowest BCUT2D eigenvalue weighted by Crippen LogP contribution is -2.56. The zero-order valence-corrected chi connectivity index (χ0v) is 29.8. The normalized spacial score (nSPS) is 18.9. The van der Waals surface area contributed by atoms with Gasteiger partial charge in [-0.3, -0.25) is 19.2 Å². The number of carbonyl (C=O) groups excluding carboxylic acids is 4. The first-order valence-corrected chi connectivity index (χ1v) is 17.6. The Bertz CT molecular complexity index is 1780. The van der Waals surface area contributed by atoms with Gasteiger partial charge in [-0.15, -0.1) is 0 Å². The van der Waals surface area contributed by atoms with E-state index in [1.165, 1.54) is 0 Å². The van der Waals surface area contributed by atoms with Crippen LogP contribution in [0.1, 0.15) is 67.9 Å². The maximum atomic E-state index is 13.9. The lowest BCUT2D eigenvalue weighted by molar-refractivity contribution is -0.171. The van der Waals surface area contributed by atoms with Crippen LogP contribution in [0.4, 0.5) is 0 Å². The molecule has 0 unspecified atom stereocenters. The van der Waals surface area contributed by atoms with Crippen LogP contribution in [-0.4, -0.2) is 58.0 Å². The topological polar surface area (TPSA) is 151 Å². The molecule has 0 saturated carbocycles. The zero-order valence-electron chi connectivity index (χ0n) is 26.6. The van der Waals surface area contributed by atoms with Crippen LogP contribution in [0.2, 0.25) is 0 Å². The van der Waals surface area contributed by atoms with E-state index in [1.807, 2.05) is 12.1 Å². The molecule has 0 radical (unpaired) electrons. The van der Waals surface area contributed by atoms with E-state index in [2.05, 4.69) is 42.5 Å². The van der Waals surface area contributed by atoms with Crippen molar-refractivity contribution in [2.24, 2.45) is 0 Å². The first-order chi connectivity index (χ1) is 24.1. The Kier molecular flexibility index (Phi) is 11.4. The minimum absolute atomic E-state index is 0.0183. The molecule has 6 atom stereocenters. The van der Waals surface area contributed by atoms with Gasteiger partial charge in [0.1, 0.15) is 12.2 Å². The molecule has 0 heterocycles. The fourth-order valence-electron chi connectivity index (χ4n) is 6.33. The molecule has 0 bridgehead atoms. The number of hydrogen-bond donors (Lipinski definition) is 4. The van der Waals surface area contributed by atoms with Crippen LogP contribution >= 0.6 is 31.9 Å². The average Bonchev–Trinajstić information content (AvgIpc) is 3.59. The quantitative estimate of drug-likeness (QED) is 0.142. The molecule has 4 aromatic carbocycles. The Balaban J connectivity index is 1.26. The van der Waals surface area contributed by atoms with Crippen molar-refractivity contribution in [2.75, 3.05) is 0 Å². The fourth-order valence-corrected chi connectivity index (χ4v) is 7.22. The summed E-state index contributed by atoms with van der Waals surface area (Å²) in [7, 11) is 0. The SMILES string of the molecule is O=C1C[C@H](NC(=O)[C@H](OCc2cccc(Br)c2)[C@H](O)[C@@H](O)[C@@H](OCc2cccc(Br)c2)C(=O)N[C@H]2CC(=O)c3ccccc32)c2ccccc21. The van der Waals surface area contributed by atoms with Gasteiger partial charge in [0.2, 0.25) is 0 Å². The van der Waals surface area contributed by atoms with Crippen LogP contribution in [0.25, 0.3) is 0 Å². The van der Waals surface area contributed by atoms with Crippen molar-refractivity contribution in [2.45, 2.75) is 62.6 Å². The molecule has 0 aliphatic heterocycles. The van der Waals surface area contributed by atoms with Gasteiger partial charge in [-0.05, 0) is 46.5 Å². The summed E-state index contributed by atoms with van der Waals surface area (Å²) in [6.45, 7) is -0.254. The van der Waals surface area contributed by atoms with Crippen LogP contribution in [-0.2, 0) is 32.3 Å². The second kappa shape index (κ2) is 15.9. The van der Waals surface area contributed by atoms with E-state index < -0.39 is 48.3 Å². The van der Waals surface area contributed by atoms with E-state index in [9.17, 15) is 29.4 Å². The molecule has 258 valence electrons. The minimum atomic E-state index is -1.97. The Morgan fingerprint density at radius 1 is 0.640 bits per heavy atom. The van der Waals surface area contributed by atoms with Crippen molar-refractivity contribution in [1.82, 2.24) is 10.6 Å². The third-order valence-electron chi connectivity index (χ3n) is 8.81. The molecule has 0 saturated heterocycles. The van der Waals surface area contributed by atoms with Gasteiger partial charge in [0.25, 0.3) is 11.8 Å². The van der Waals surface area contributed by atoms with Gasteiger partial charge in [0.15, 0.2) is 23.8 Å². The number of hydrogen-bond acceptors (Lipinski definition) is 8. The summed E-state index contributed by atoms with van der Waals surface area (Å²) >= 11 is 6.83. The number of aliphatic hydroxyl groups excluding tert-OH is 2. The molecular weight excluding hydrogens is 772 g/mol. The molecule has 4 aromatic rings. The molecule has 2 aliphatic carbocycles. The molecule has 2 amide bonds. The standard InChI is InChI=1S/C38H34Br2N2O8/c39-23-9-5-7-21(15-23)19-49-35(37(47)41-29-17-31(43)27-13-3-1-11-25(27)29)33(45)34(46)36(50-20-22-8-6-10-24(40)16-22)38(48)42-30-18-32(44)28-14-4-2-12-26(28)30/h1-16,29-30,33-36,45-46H,17-20H2,(H,41,47)(H,42,48)/t29-,30-,33+,34+,35+,36+/m0/s1. The van der Waals surface area contributed by atoms with Gasteiger partial charge < -0.3 is 30.3 Å². The van der Waals surface area contributed by atoms with Crippen molar-refractivity contribution in [3.8, 4) is 0 Å². The average molecular weight is 807 g/mol. The Hall–Kier alpha value is -4.04. The number of nitrogens with one attached hydrogen (secondary N) is 2. The number of Topliss-reactive ketones (excluding diaryl/α,β-unsaturated/α-hetero) is 2. The van der Waals surface area contributed by atoms with Crippen LogP contribution in [0.15, 0.2) is 106 Å². The van der Waals surface area contributed by atoms with Crippen LogP contribution < -0.4 is 10.6 Å². The Morgan fingerprint density at radius 2 is 1.04 bits per heavy atom. The second-order valence-electron chi connectivity index (χ2n) is 12.3. The fraction of sp³-hybridized carbons (Fsp3) is 0.263. The molecule has 0 fully saturated rings. The lowest BCUT2D eigenvalue weighted by atomic mass is 9.99. The zero-order chi connectivity index (χ0) is 35.4. The van der Waals surface area contributed by atoms with Gasteiger partial charge in [-0.2, -0.15) is 0 Å². The summed E-state index contributed by atoms with van der Waals surface area (Å²) in [5.41, 5.74) is 3.60. The Labute approximate surface area is 305 Å². The van der Waals surface area contributed by atoms with Gasteiger partial charge in [-0.1, -0.05) is 105 Å². The number of ether oxygens (including phenoxy) is 2. The van der Waals surface area contributed by atoms with Gasteiger partial charge in [0, 0.05) is 32.9 Å². The number of rotatable bonds is 13. The van der Waals surface area contributed by atoms with Crippen LogP contribution in [0.5, 0.6) is 0 Å². The maximum absolute atomic E-state index is 13.9. The summed E-state index contributed by atoms with van der Waals surface area (Å²) in [4.78, 5) is 53.1. The molecule has 0 spiro atoms. The highest BCUT2D eigenvalue weighted by molar-refractivity contribution is 9.10. The molecule has 10 nitrogen and oxygen atoms in total. The van der Waals surface area contributed by atoms with Crippen molar-refractivity contribution in [1.29, 1.82) is 0 Å². The number of fused-ring (bicyclic) bond motifs is 2. The largest absolute Gasteiger partial charge is 0.387 e. The maximum Gasteiger partial charge on any atom is 0.252 e. The predicted molar refractivity (Wildman–Crippen MR) is 190 cm³/mol. The monoisotopic (exact) mass is 804 g/mol. The van der Waals surface area contributed by atoms with Gasteiger partial charge >= 0.3 is 0 Å². The highest BCUT2D eigenvalue weighted by Crippen LogP contribution is 2.33. The summed E-state index contributed by atoms with van der Waals surface area (Å²) < 4.78 is 13.5. The van der Waals surface area contributed by atoms with Crippen molar-refractivity contribution < 1.29 is 38.9 Å². The molecule has 50 heavy (non-hydrogen) atoms. The molecule has 6 rings (SSSR count). The summed E-state index contributed by atoms with van der Waals surface area (Å²) in [5, 5.41) is 29.0. The number of amides is 2.